The first-order valence-electron chi connectivity index (χ1n) is 4.27. The van der Waals surface area contributed by atoms with E-state index in [9.17, 15) is 4.79 Å². The Morgan fingerprint density at radius 3 is 2.18 bits per heavy atom. The average molecular weight is 157 g/mol. The highest BCUT2D eigenvalue weighted by atomic mass is 16.1. The molecule has 11 heavy (non-hydrogen) atoms. The van der Waals surface area contributed by atoms with E-state index in [1.807, 2.05) is 13.8 Å². The Bertz CT molecular complexity index is 112. The lowest BCUT2D eigenvalue weighted by atomic mass is 9.93. The van der Waals surface area contributed by atoms with Crippen molar-refractivity contribution in [3.05, 3.63) is 0 Å². The molecule has 66 valence electrons. The normalized spacial score (nSPS) is 18.9. The maximum absolute atomic E-state index is 10.3. The fourth-order valence-corrected chi connectivity index (χ4v) is 1.42. The van der Waals surface area contributed by atoms with Crippen LogP contribution in [0.5, 0.6) is 0 Å². The molecule has 0 aromatic heterocycles. The molecule has 0 aliphatic heterocycles. The van der Waals surface area contributed by atoms with Gasteiger partial charge in [0, 0.05) is 12.0 Å². The molecule has 2 N–H and O–H groups in total. The minimum atomic E-state index is 0.184. The van der Waals surface area contributed by atoms with Crippen molar-refractivity contribution in [2.45, 2.75) is 39.7 Å². The van der Waals surface area contributed by atoms with Gasteiger partial charge >= 0.3 is 0 Å². The van der Waals surface area contributed by atoms with E-state index in [2.05, 4.69) is 6.92 Å². The summed E-state index contributed by atoms with van der Waals surface area (Å²) in [7, 11) is 0. The summed E-state index contributed by atoms with van der Waals surface area (Å²) in [5, 5.41) is 0. The van der Waals surface area contributed by atoms with Crippen LogP contribution in [0, 0.1) is 11.8 Å². The monoisotopic (exact) mass is 157 g/mol. The van der Waals surface area contributed by atoms with Gasteiger partial charge in [-0.2, -0.15) is 0 Å². The molecule has 0 rings (SSSR count). The van der Waals surface area contributed by atoms with Gasteiger partial charge in [0.2, 0.25) is 0 Å². The Morgan fingerprint density at radius 1 is 1.27 bits per heavy atom. The molecule has 0 spiro atoms. The smallest absolute Gasteiger partial charge is 0.122 e. The molecule has 0 fully saturated rings. The number of aldehydes is 1. The molecule has 0 aromatic rings. The molecule has 2 heteroatoms. The van der Waals surface area contributed by atoms with Gasteiger partial charge in [0.1, 0.15) is 6.29 Å². The van der Waals surface area contributed by atoms with Crippen molar-refractivity contribution in [3.8, 4) is 0 Å². The maximum atomic E-state index is 10.3. The van der Waals surface area contributed by atoms with Crippen LogP contribution in [0.15, 0.2) is 0 Å². The predicted molar refractivity (Wildman–Crippen MR) is 47.3 cm³/mol. The molecule has 0 amide bonds. The van der Waals surface area contributed by atoms with E-state index in [0.29, 0.717) is 5.92 Å². The molecule has 0 saturated heterocycles. The summed E-state index contributed by atoms with van der Waals surface area (Å²) in [5.74, 6) is 0.749. The fourth-order valence-electron chi connectivity index (χ4n) is 1.42. The molecule has 2 nitrogen and oxygen atoms in total. The Labute approximate surface area is 69.2 Å². The van der Waals surface area contributed by atoms with Crippen molar-refractivity contribution >= 4 is 6.29 Å². The first-order valence-corrected chi connectivity index (χ1v) is 4.27. The van der Waals surface area contributed by atoms with Crippen molar-refractivity contribution in [2.24, 2.45) is 17.6 Å². The van der Waals surface area contributed by atoms with Crippen molar-refractivity contribution in [3.63, 3.8) is 0 Å². The summed E-state index contributed by atoms with van der Waals surface area (Å²) in [5.41, 5.74) is 5.62. The van der Waals surface area contributed by atoms with E-state index in [1.165, 1.54) is 0 Å². The molecule has 0 aliphatic rings. The van der Waals surface area contributed by atoms with E-state index >= 15 is 0 Å². The first kappa shape index (κ1) is 10.6. The highest BCUT2D eigenvalue weighted by Crippen LogP contribution is 2.14. The first-order chi connectivity index (χ1) is 5.06. The third-order valence-electron chi connectivity index (χ3n) is 1.78. The van der Waals surface area contributed by atoms with Crippen LogP contribution in [0.4, 0.5) is 0 Å². The molecular weight excluding hydrogens is 138 g/mol. The Balaban J connectivity index is 3.51. The second-order valence-corrected chi connectivity index (χ2v) is 3.67. The molecule has 3 atom stereocenters. The fraction of sp³-hybridized carbons (Fsp3) is 0.889. The second kappa shape index (κ2) is 5.30. The largest absolute Gasteiger partial charge is 0.328 e. The minimum Gasteiger partial charge on any atom is -0.328 e. The molecule has 0 radical (unpaired) electrons. The van der Waals surface area contributed by atoms with Gasteiger partial charge in [-0.1, -0.05) is 13.8 Å². The Hall–Kier alpha value is -0.370. The minimum absolute atomic E-state index is 0.184. The van der Waals surface area contributed by atoms with Crippen LogP contribution in [0.25, 0.3) is 0 Å². The number of hydrogen-bond donors (Lipinski definition) is 1. The van der Waals surface area contributed by atoms with Gasteiger partial charge in [0.05, 0.1) is 0 Å². The molecule has 0 aromatic carbocycles. The molecular formula is C9H19NO. The van der Waals surface area contributed by atoms with Crippen molar-refractivity contribution in [1.82, 2.24) is 0 Å². The van der Waals surface area contributed by atoms with Crippen LogP contribution in [-0.4, -0.2) is 12.3 Å². The Kier molecular flexibility index (Phi) is 5.12. The molecule has 0 aliphatic carbocycles. The third kappa shape index (κ3) is 6.05. The van der Waals surface area contributed by atoms with Crippen LogP contribution in [0.1, 0.15) is 33.6 Å². The van der Waals surface area contributed by atoms with Gasteiger partial charge in [0.25, 0.3) is 0 Å². The number of carbonyl (C=O) groups is 1. The van der Waals surface area contributed by atoms with Crippen molar-refractivity contribution in [2.75, 3.05) is 0 Å². The van der Waals surface area contributed by atoms with Crippen LogP contribution in [-0.2, 0) is 4.79 Å². The number of nitrogens with two attached hydrogens (primary N) is 1. The SMILES string of the molecule is CC(N)CC(C)CC(C)C=O. The van der Waals surface area contributed by atoms with E-state index in [1.54, 1.807) is 0 Å². The van der Waals surface area contributed by atoms with Crippen LogP contribution < -0.4 is 5.73 Å². The van der Waals surface area contributed by atoms with E-state index in [4.69, 9.17) is 5.73 Å². The summed E-state index contributed by atoms with van der Waals surface area (Å²) in [6.07, 6.45) is 2.99. The highest BCUT2D eigenvalue weighted by Gasteiger charge is 2.09. The van der Waals surface area contributed by atoms with Crippen LogP contribution in [0.2, 0.25) is 0 Å². The Morgan fingerprint density at radius 2 is 1.82 bits per heavy atom. The molecule has 0 saturated carbocycles. The lowest BCUT2D eigenvalue weighted by Gasteiger charge is -2.14. The summed E-state index contributed by atoms with van der Waals surface area (Å²) in [6.45, 7) is 6.09. The van der Waals surface area contributed by atoms with Crippen LogP contribution in [0.3, 0.4) is 0 Å². The molecule has 0 heterocycles. The second-order valence-electron chi connectivity index (χ2n) is 3.67. The predicted octanol–water partition coefficient (Wildman–Crippen LogP) is 1.58. The van der Waals surface area contributed by atoms with Crippen LogP contribution >= 0.6 is 0 Å². The quantitative estimate of drug-likeness (QED) is 0.616. The third-order valence-corrected chi connectivity index (χ3v) is 1.78. The summed E-state index contributed by atoms with van der Waals surface area (Å²) >= 11 is 0. The zero-order chi connectivity index (χ0) is 8.85. The zero-order valence-corrected chi connectivity index (χ0v) is 7.71. The summed E-state index contributed by atoms with van der Waals surface area (Å²) in [6, 6.07) is 0.254. The van der Waals surface area contributed by atoms with Gasteiger partial charge < -0.3 is 10.5 Å². The van der Waals surface area contributed by atoms with Gasteiger partial charge in [-0.3, -0.25) is 0 Å². The highest BCUT2D eigenvalue weighted by molar-refractivity contribution is 5.52. The van der Waals surface area contributed by atoms with Gasteiger partial charge in [0.15, 0.2) is 0 Å². The van der Waals surface area contributed by atoms with E-state index < -0.39 is 0 Å². The average Bonchev–Trinajstić information content (AvgIpc) is 1.85. The van der Waals surface area contributed by atoms with E-state index in [-0.39, 0.29) is 12.0 Å². The van der Waals surface area contributed by atoms with Gasteiger partial charge in [-0.05, 0) is 25.7 Å². The standard InChI is InChI=1S/C9H19NO/c1-7(5-9(3)10)4-8(2)6-11/h6-9H,4-5,10H2,1-3H3. The van der Waals surface area contributed by atoms with Crippen molar-refractivity contribution < 1.29 is 4.79 Å². The zero-order valence-electron chi connectivity index (χ0n) is 7.71. The topological polar surface area (TPSA) is 43.1 Å². The molecule has 0 bridgehead atoms. The number of hydrogen-bond acceptors (Lipinski definition) is 2. The molecule has 3 unspecified atom stereocenters. The van der Waals surface area contributed by atoms with Crippen molar-refractivity contribution in [1.29, 1.82) is 0 Å². The maximum Gasteiger partial charge on any atom is 0.122 e. The number of carbonyl (C=O) groups excluding carboxylic acids is 1. The number of rotatable bonds is 5. The summed E-state index contributed by atoms with van der Waals surface area (Å²) in [4.78, 5) is 10.3. The summed E-state index contributed by atoms with van der Waals surface area (Å²) < 4.78 is 0. The van der Waals surface area contributed by atoms with E-state index in [0.717, 1.165) is 19.1 Å². The van der Waals surface area contributed by atoms with Gasteiger partial charge in [-0.25, -0.2) is 0 Å². The van der Waals surface area contributed by atoms with Gasteiger partial charge in [-0.15, -0.1) is 0 Å². The lowest BCUT2D eigenvalue weighted by molar-refractivity contribution is -0.111. The lowest BCUT2D eigenvalue weighted by Crippen LogP contribution is -2.19.